The molecule has 0 saturated heterocycles. The van der Waals surface area contributed by atoms with Crippen LogP contribution in [0, 0.1) is 17.3 Å². The molecule has 3 saturated carbocycles. The zero-order valence-corrected chi connectivity index (χ0v) is 7.90. The van der Waals surface area contributed by atoms with Crippen LogP contribution in [0.3, 0.4) is 0 Å². The smallest absolute Gasteiger partial charge is 0.0298 e. The van der Waals surface area contributed by atoms with Gasteiger partial charge in [-0.25, -0.2) is 0 Å². The van der Waals surface area contributed by atoms with Gasteiger partial charge >= 0.3 is 0 Å². The monoisotopic (exact) mass is 152 g/mol. The van der Waals surface area contributed by atoms with Crippen LogP contribution < -0.4 is 0 Å². The molecule has 0 aliphatic heterocycles. The van der Waals surface area contributed by atoms with E-state index >= 15 is 0 Å². The minimum atomic E-state index is 0.737. The summed E-state index contributed by atoms with van der Waals surface area (Å²) in [7, 11) is 0. The van der Waals surface area contributed by atoms with Gasteiger partial charge in [-0.05, 0) is 36.5 Å². The first-order valence-corrected chi connectivity index (χ1v) is 5.24. The van der Waals surface area contributed by atoms with Gasteiger partial charge in [0.15, 0.2) is 0 Å². The van der Waals surface area contributed by atoms with Gasteiger partial charge in [0.1, 0.15) is 0 Å². The van der Waals surface area contributed by atoms with E-state index < -0.39 is 0 Å². The Hall–Kier alpha value is 0. The maximum absolute atomic E-state index is 2.52. The SMILES string of the molecule is CCC1(C)CC2CCC1CC2. The van der Waals surface area contributed by atoms with Crippen LogP contribution in [0.5, 0.6) is 0 Å². The summed E-state index contributed by atoms with van der Waals surface area (Å²) in [6.07, 6.45) is 9.10. The molecule has 0 amide bonds. The van der Waals surface area contributed by atoms with E-state index in [-0.39, 0.29) is 0 Å². The number of hydrogen-bond donors (Lipinski definition) is 0. The molecule has 3 fully saturated rings. The molecule has 64 valence electrons. The Morgan fingerprint density at radius 3 is 2.09 bits per heavy atom. The summed E-state index contributed by atoms with van der Waals surface area (Å²) in [5.41, 5.74) is 0.737. The van der Waals surface area contributed by atoms with Crippen LogP contribution >= 0.6 is 0 Å². The van der Waals surface area contributed by atoms with E-state index in [1.165, 1.54) is 25.7 Å². The predicted molar refractivity (Wildman–Crippen MR) is 48.5 cm³/mol. The fourth-order valence-electron chi connectivity index (χ4n) is 3.32. The van der Waals surface area contributed by atoms with Gasteiger partial charge in [-0.3, -0.25) is 0 Å². The van der Waals surface area contributed by atoms with Crippen LogP contribution in [0.15, 0.2) is 0 Å². The lowest BCUT2D eigenvalue weighted by Gasteiger charge is -2.50. The average Bonchev–Trinajstić information content (AvgIpc) is 2.06. The van der Waals surface area contributed by atoms with E-state index in [4.69, 9.17) is 0 Å². The minimum absolute atomic E-state index is 0.737. The topological polar surface area (TPSA) is 0 Å². The molecule has 0 heteroatoms. The van der Waals surface area contributed by atoms with E-state index in [1.54, 1.807) is 12.8 Å². The van der Waals surface area contributed by atoms with Crippen LogP contribution in [0.4, 0.5) is 0 Å². The van der Waals surface area contributed by atoms with Crippen LogP contribution in [-0.4, -0.2) is 0 Å². The Bertz CT molecular complexity index is 142. The normalized spacial score (nSPS) is 49.6. The zero-order chi connectivity index (χ0) is 7.90. The fraction of sp³-hybridized carbons (Fsp3) is 1.00. The number of fused-ring (bicyclic) bond motifs is 3. The Morgan fingerprint density at radius 2 is 1.82 bits per heavy atom. The van der Waals surface area contributed by atoms with Gasteiger partial charge in [-0.15, -0.1) is 0 Å². The first-order valence-electron chi connectivity index (χ1n) is 5.24. The highest BCUT2D eigenvalue weighted by molar-refractivity contribution is 4.93. The third-order valence-corrected chi connectivity index (χ3v) is 4.40. The van der Waals surface area contributed by atoms with E-state index in [0.717, 1.165) is 17.3 Å². The molecular formula is C11H20. The highest BCUT2D eigenvalue weighted by Crippen LogP contribution is 2.53. The summed E-state index contributed by atoms with van der Waals surface area (Å²) in [5, 5.41) is 0. The van der Waals surface area contributed by atoms with Gasteiger partial charge in [0.2, 0.25) is 0 Å². The third kappa shape index (κ3) is 1.11. The van der Waals surface area contributed by atoms with Gasteiger partial charge in [0.25, 0.3) is 0 Å². The summed E-state index contributed by atoms with van der Waals surface area (Å²) in [6, 6.07) is 0. The molecule has 0 N–H and O–H groups in total. The maximum Gasteiger partial charge on any atom is -0.0298 e. The molecule has 3 aliphatic carbocycles. The van der Waals surface area contributed by atoms with Crippen molar-refractivity contribution in [1.29, 1.82) is 0 Å². The molecule has 1 unspecified atom stereocenters. The molecule has 0 aromatic carbocycles. The first-order chi connectivity index (χ1) is 5.24. The summed E-state index contributed by atoms with van der Waals surface area (Å²) in [4.78, 5) is 0. The summed E-state index contributed by atoms with van der Waals surface area (Å²) >= 11 is 0. The van der Waals surface area contributed by atoms with Crippen molar-refractivity contribution in [2.75, 3.05) is 0 Å². The van der Waals surface area contributed by atoms with Crippen LogP contribution in [0.1, 0.15) is 52.4 Å². The molecule has 0 spiro atoms. The maximum atomic E-state index is 2.52. The predicted octanol–water partition coefficient (Wildman–Crippen LogP) is 3.61. The number of rotatable bonds is 1. The first kappa shape index (κ1) is 7.64. The highest BCUT2D eigenvalue weighted by atomic mass is 14.5. The second-order valence-corrected chi connectivity index (χ2v) is 4.93. The Morgan fingerprint density at radius 1 is 1.18 bits per heavy atom. The van der Waals surface area contributed by atoms with Crippen molar-refractivity contribution < 1.29 is 0 Å². The molecule has 0 radical (unpaired) electrons. The van der Waals surface area contributed by atoms with Crippen molar-refractivity contribution in [1.82, 2.24) is 0 Å². The van der Waals surface area contributed by atoms with E-state index in [1.807, 2.05) is 0 Å². The lowest BCUT2D eigenvalue weighted by atomic mass is 9.56. The van der Waals surface area contributed by atoms with Gasteiger partial charge < -0.3 is 0 Å². The van der Waals surface area contributed by atoms with Gasteiger partial charge in [-0.2, -0.15) is 0 Å². The van der Waals surface area contributed by atoms with Crippen molar-refractivity contribution in [3.63, 3.8) is 0 Å². The molecule has 0 aromatic rings. The fourth-order valence-corrected chi connectivity index (χ4v) is 3.32. The average molecular weight is 152 g/mol. The Labute approximate surface area is 70.4 Å². The number of hydrogen-bond acceptors (Lipinski definition) is 0. The van der Waals surface area contributed by atoms with Crippen molar-refractivity contribution in [3.05, 3.63) is 0 Å². The van der Waals surface area contributed by atoms with Gasteiger partial charge in [0, 0.05) is 0 Å². The molecule has 0 aromatic heterocycles. The van der Waals surface area contributed by atoms with E-state index in [2.05, 4.69) is 13.8 Å². The van der Waals surface area contributed by atoms with E-state index in [0.29, 0.717) is 0 Å². The van der Waals surface area contributed by atoms with Crippen LogP contribution in [0.2, 0.25) is 0 Å². The largest absolute Gasteiger partial charge is 0.0649 e. The lowest BCUT2D eigenvalue weighted by Crippen LogP contribution is -2.39. The van der Waals surface area contributed by atoms with Gasteiger partial charge in [-0.1, -0.05) is 33.1 Å². The summed E-state index contributed by atoms with van der Waals surface area (Å²) < 4.78 is 0. The Kier molecular flexibility index (Phi) is 1.74. The quantitative estimate of drug-likeness (QED) is 0.538. The molecule has 2 bridgehead atoms. The van der Waals surface area contributed by atoms with Crippen molar-refractivity contribution >= 4 is 0 Å². The highest BCUT2D eigenvalue weighted by Gasteiger charge is 2.42. The van der Waals surface area contributed by atoms with Crippen molar-refractivity contribution in [2.24, 2.45) is 17.3 Å². The molecule has 3 rings (SSSR count). The Balaban J connectivity index is 2.13. The molecule has 1 atom stereocenters. The second-order valence-electron chi connectivity index (χ2n) is 4.93. The third-order valence-electron chi connectivity index (χ3n) is 4.40. The standard InChI is InChI=1S/C11H20/c1-3-11(2)8-9-4-6-10(11)7-5-9/h9-10H,3-8H2,1-2H3. The van der Waals surface area contributed by atoms with Crippen molar-refractivity contribution in [2.45, 2.75) is 52.4 Å². The summed E-state index contributed by atoms with van der Waals surface area (Å²) in [6.45, 7) is 4.89. The van der Waals surface area contributed by atoms with Crippen molar-refractivity contribution in [3.8, 4) is 0 Å². The lowest BCUT2D eigenvalue weighted by molar-refractivity contribution is 0.0130. The molecule has 0 heterocycles. The van der Waals surface area contributed by atoms with Crippen LogP contribution in [0.25, 0.3) is 0 Å². The van der Waals surface area contributed by atoms with E-state index in [9.17, 15) is 0 Å². The minimum Gasteiger partial charge on any atom is -0.0649 e. The molecule has 3 aliphatic rings. The molecular weight excluding hydrogens is 132 g/mol. The zero-order valence-electron chi connectivity index (χ0n) is 7.90. The summed E-state index contributed by atoms with van der Waals surface area (Å²) in [5.74, 6) is 2.18. The van der Waals surface area contributed by atoms with Crippen LogP contribution in [-0.2, 0) is 0 Å². The second kappa shape index (κ2) is 2.50. The molecule has 11 heavy (non-hydrogen) atoms. The van der Waals surface area contributed by atoms with Gasteiger partial charge in [0.05, 0.1) is 0 Å². The molecule has 0 nitrogen and oxygen atoms in total.